The van der Waals surface area contributed by atoms with Crippen LogP contribution in [0.25, 0.3) is 0 Å². The molecule has 0 heterocycles. The van der Waals surface area contributed by atoms with Crippen molar-refractivity contribution in [2.75, 3.05) is 7.05 Å². The SMILES string of the molecule is CN(Cc1ccccc1)C1(C)CCCCC1. The fraction of sp³-hybridized carbons (Fsp3) is 0.600. The van der Waals surface area contributed by atoms with Crippen molar-refractivity contribution < 1.29 is 0 Å². The van der Waals surface area contributed by atoms with Crippen molar-refractivity contribution in [3.8, 4) is 0 Å². The lowest BCUT2D eigenvalue weighted by atomic mass is 9.82. The van der Waals surface area contributed by atoms with E-state index in [0.717, 1.165) is 6.54 Å². The Kier molecular flexibility index (Phi) is 3.65. The molecule has 0 spiro atoms. The second-order valence-corrected chi connectivity index (χ2v) is 5.40. The summed E-state index contributed by atoms with van der Waals surface area (Å²) >= 11 is 0. The molecule has 0 saturated heterocycles. The molecule has 1 aromatic carbocycles. The Morgan fingerprint density at radius 1 is 1.06 bits per heavy atom. The molecule has 0 amide bonds. The van der Waals surface area contributed by atoms with E-state index in [1.807, 2.05) is 0 Å². The molecule has 88 valence electrons. The second kappa shape index (κ2) is 5.01. The number of rotatable bonds is 3. The van der Waals surface area contributed by atoms with Crippen LogP contribution in [0.2, 0.25) is 0 Å². The van der Waals surface area contributed by atoms with E-state index in [2.05, 4.69) is 49.2 Å². The van der Waals surface area contributed by atoms with Crippen LogP contribution >= 0.6 is 0 Å². The highest BCUT2D eigenvalue weighted by Crippen LogP contribution is 2.33. The molecule has 0 unspecified atom stereocenters. The quantitative estimate of drug-likeness (QED) is 0.743. The Balaban J connectivity index is 1.99. The second-order valence-electron chi connectivity index (χ2n) is 5.40. The van der Waals surface area contributed by atoms with Crippen molar-refractivity contribution in [3.05, 3.63) is 35.9 Å². The van der Waals surface area contributed by atoms with Crippen LogP contribution in [0.15, 0.2) is 30.3 Å². The van der Waals surface area contributed by atoms with Crippen LogP contribution in [0, 0.1) is 0 Å². The molecule has 1 saturated carbocycles. The molecule has 1 aliphatic carbocycles. The lowest BCUT2D eigenvalue weighted by Gasteiger charge is -2.42. The monoisotopic (exact) mass is 217 g/mol. The van der Waals surface area contributed by atoms with Gasteiger partial charge in [0.15, 0.2) is 0 Å². The maximum absolute atomic E-state index is 2.54. The predicted molar refractivity (Wildman–Crippen MR) is 69.4 cm³/mol. The minimum absolute atomic E-state index is 0.425. The minimum Gasteiger partial charge on any atom is -0.297 e. The van der Waals surface area contributed by atoms with Gasteiger partial charge in [-0.1, -0.05) is 49.6 Å². The molecule has 1 heteroatoms. The summed E-state index contributed by atoms with van der Waals surface area (Å²) in [4.78, 5) is 2.54. The van der Waals surface area contributed by atoms with Crippen LogP contribution < -0.4 is 0 Å². The number of benzene rings is 1. The van der Waals surface area contributed by atoms with Crippen LogP contribution in [-0.4, -0.2) is 17.5 Å². The van der Waals surface area contributed by atoms with Crippen molar-refractivity contribution in [1.29, 1.82) is 0 Å². The van der Waals surface area contributed by atoms with Crippen LogP contribution in [-0.2, 0) is 6.54 Å². The van der Waals surface area contributed by atoms with Gasteiger partial charge in [0.2, 0.25) is 0 Å². The summed E-state index contributed by atoms with van der Waals surface area (Å²) in [5, 5.41) is 0. The Labute approximate surface area is 99.5 Å². The highest BCUT2D eigenvalue weighted by atomic mass is 15.2. The molecule has 1 aromatic rings. The van der Waals surface area contributed by atoms with Gasteiger partial charge in [0, 0.05) is 12.1 Å². The third-order valence-corrected chi connectivity index (χ3v) is 4.11. The van der Waals surface area contributed by atoms with Gasteiger partial charge in [-0.25, -0.2) is 0 Å². The van der Waals surface area contributed by atoms with Crippen molar-refractivity contribution in [1.82, 2.24) is 4.90 Å². The molecule has 0 aliphatic heterocycles. The zero-order chi connectivity index (χ0) is 11.4. The van der Waals surface area contributed by atoms with E-state index in [9.17, 15) is 0 Å². The van der Waals surface area contributed by atoms with Gasteiger partial charge in [-0.3, -0.25) is 4.90 Å². The van der Waals surface area contributed by atoms with Gasteiger partial charge in [0.25, 0.3) is 0 Å². The molecule has 0 aromatic heterocycles. The van der Waals surface area contributed by atoms with Gasteiger partial charge in [0.1, 0.15) is 0 Å². The molecule has 0 radical (unpaired) electrons. The Bertz CT molecular complexity index is 311. The van der Waals surface area contributed by atoms with Crippen molar-refractivity contribution in [2.45, 2.75) is 51.1 Å². The van der Waals surface area contributed by atoms with Crippen LogP contribution in [0.3, 0.4) is 0 Å². The third-order valence-electron chi connectivity index (χ3n) is 4.11. The first-order chi connectivity index (χ1) is 7.71. The Morgan fingerprint density at radius 2 is 1.69 bits per heavy atom. The summed E-state index contributed by atoms with van der Waals surface area (Å²) in [5.74, 6) is 0. The van der Waals surface area contributed by atoms with Crippen LogP contribution in [0.1, 0.15) is 44.6 Å². The van der Waals surface area contributed by atoms with E-state index in [4.69, 9.17) is 0 Å². The average Bonchev–Trinajstić information content (AvgIpc) is 2.31. The first kappa shape index (κ1) is 11.7. The molecule has 0 bridgehead atoms. The van der Waals surface area contributed by atoms with E-state index >= 15 is 0 Å². The normalized spacial score (nSPS) is 19.9. The van der Waals surface area contributed by atoms with Gasteiger partial charge in [-0.15, -0.1) is 0 Å². The summed E-state index contributed by atoms with van der Waals surface area (Å²) < 4.78 is 0. The average molecular weight is 217 g/mol. The zero-order valence-electron chi connectivity index (χ0n) is 10.6. The van der Waals surface area contributed by atoms with Gasteiger partial charge in [0.05, 0.1) is 0 Å². The van der Waals surface area contributed by atoms with Gasteiger partial charge < -0.3 is 0 Å². The Hall–Kier alpha value is -0.820. The van der Waals surface area contributed by atoms with E-state index in [0.29, 0.717) is 5.54 Å². The van der Waals surface area contributed by atoms with Crippen LogP contribution in [0.4, 0.5) is 0 Å². The zero-order valence-corrected chi connectivity index (χ0v) is 10.6. The molecule has 16 heavy (non-hydrogen) atoms. The standard InChI is InChI=1S/C15H23N/c1-15(11-7-4-8-12-15)16(2)13-14-9-5-3-6-10-14/h3,5-6,9-10H,4,7-8,11-13H2,1-2H3. The Morgan fingerprint density at radius 3 is 2.31 bits per heavy atom. The topological polar surface area (TPSA) is 3.24 Å². The summed E-state index contributed by atoms with van der Waals surface area (Å²) in [7, 11) is 2.28. The lowest BCUT2D eigenvalue weighted by Crippen LogP contribution is -2.44. The molecular formula is C15H23N. The smallest absolute Gasteiger partial charge is 0.0236 e. The van der Waals surface area contributed by atoms with Crippen molar-refractivity contribution in [3.63, 3.8) is 0 Å². The lowest BCUT2D eigenvalue weighted by molar-refractivity contribution is 0.0859. The van der Waals surface area contributed by atoms with Gasteiger partial charge >= 0.3 is 0 Å². The first-order valence-electron chi connectivity index (χ1n) is 6.46. The van der Waals surface area contributed by atoms with E-state index < -0.39 is 0 Å². The summed E-state index contributed by atoms with van der Waals surface area (Å²) in [5.41, 5.74) is 1.85. The highest BCUT2D eigenvalue weighted by Gasteiger charge is 2.30. The van der Waals surface area contributed by atoms with E-state index in [1.165, 1.54) is 37.7 Å². The van der Waals surface area contributed by atoms with Crippen molar-refractivity contribution in [2.24, 2.45) is 0 Å². The number of hydrogen-bond acceptors (Lipinski definition) is 1. The van der Waals surface area contributed by atoms with Gasteiger partial charge in [-0.05, 0) is 32.4 Å². The fourth-order valence-electron chi connectivity index (χ4n) is 2.74. The summed E-state index contributed by atoms with van der Waals surface area (Å²) in [6, 6.07) is 10.8. The molecular weight excluding hydrogens is 194 g/mol. The molecule has 1 fully saturated rings. The fourth-order valence-corrected chi connectivity index (χ4v) is 2.74. The molecule has 0 atom stereocenters. The molecule has 1 nitrogen and oxygen atoms in total. The summed E-state index contributed by atoms with van der Waals surface area (Å²) in [6.07, 6.45) is 6.94. The third kappa shape index (κ3) is 2.65. The maximum atomic E-state index is 2.54. The maximum Gasteiger partial charge on any atom is 0.0236 e. The molecule has 0 N–H and O–H groups in total. The minimum atomic E-state index is 0.425. The van der Waals surface area contributed by atoms with E-state index in [-0.39, 0.29) is 0 Å². The van der Waals surface area contributed by atoms with Gasteiger partial charge in [-0.2, -0.15) is 0 Å². The van der Waals surface area contributed by atoms with Crippen molar-refractivity contribution >= 4 is 0 Å². The van der Waals surface area contributed by atoms with Crippen LogP contribution in [0.5, 0.6) is 0 Å². The highest BCUT2D eigenvalue weighted by molar-refractivity contribution is 5.14. The number of hydrogen-bond donors (Lipinski definition) is 0. The molecule has 1 aliphatic rings. The first-order valence-corrected chi connectivity index (χ1v) is 6.46. The largest absolute Gasteiger partial charge is 0.297 e. The molecule has 2 rings (SSSR count). The predicted octanol–water partition coefficient (Wildman–Crippen LogP) is 3.84. The van der Waals surface area contributed by atoms with E-state index in [1.54, 1.807) is 0 Å². The number of nitrogens with zero attached hydrogens (tertiary/aromatic N) is 1. The summed E-state index contributed by atoms with van der Waals surface area (Å²) in [6.45, 7) is 3.51.